The van der Waals surface area contributed by atoms with E-state index in [2.05, 4.69) is 4.98 Å². The summed E-state index contributed by atoms with van der Waals surface area (Å²) in [6.07, 6.45) is 1.82. The highest BCUT2D eigenvalue weighted by atomic mass is 35.5. The molecule has 0 atom stereocenters. The topological polar surface area (TPSA) is 65.1 Å². The van der Waals surface area contributed by atoms with E-state index in [4.69, 9.17) is 11.6 Å². The Balaban J connectivity index is 2.90. The number of halogens is 1. The normalized spacial score (nSPS) is 12.2. The highest BCUT2D eigenvalue weighted by molar-refractivity contribution is 6.29. The van der Waals surface area contributed by atoms with Crippen molar-refractivity contribution in [1.82, 2.24) is 18.7 Å². The molecule has 23 heavy (non-hydrogen) atoms. The van der Waals surface area contributed by atoms with Crippen molar-refractivity contribution < 1.29 is 0 Å². The van der Waals surface area contributed by atoms with Gasteiger partial charge in [-0.15, -0.1) is 0 Å². The zero-order valence-electron chi connectivity index (χ0n) is 14.1. The fourth-order valence-corrected chi connectivity index (χ4v) is 2.64. The van der Waals surface area contributed by atoms with Gasteiger partial charge in [-0.3, -0.25) is 13.9 Å². The zero-order chi connectivity index (χ0) is 17.3. The predicted molar refractivity (Wildman–Crippen MR) is 93.4 cm³/mol. The third kappa shape index (κ3) is 2.93. The van der Waals surface area contributed by atoms with Crippen molar-refractivity contribution in [2.45, 2.75) is 27.3 Å². The number of aryl methyl sites for hydroxylation is 1. The van der Waals surface area contributed by atoms with E-state index in [1.807, 2.05) is 29.4 Å². The third-order valence-electron chi connectivity index (χ3n) is 3.93. The second-order valence-electron chi connectivity index (χ2n) is 5.36. The van der Waals surface area contributed by atoms with Gasteiger partial charge < -0.3 is 9.47 Å². The number of imidazole rings is 1. The molecule has 2 aromatic rings. The summed E-state index contributed by atoms with van der Waals surface area (Å²) in [7, 11) is 3.09. The summed E-state index contributed by atoms with van der Waals surface area (Å²) in [5.74, 6) is 0.664. The quantitative estimate of drug-likeness (QED) is 0.826. The van der Waals surface area contributed by atoms with Crippen molar-refractivity contribution >= 4 is 28.7 Å². The molecule has 0 aliphatic rings. The molecule has 0 aliphatic carbocycles. The average molecular weight is 340 g/mol. The summed E-state index contributed by atoms with van der Waals surface area (Å²) in [6.45, 7) is 7.74. The van der Waals surface area contributed by atoms with E-state index in [0.717, 1.165) is 17.7 Å². The molecule has 0 fully saturated rings. The Labute approximate surface area is 139 Å². The Morgan fingerprint density at radius 2 is 1.83 bits per heavy atom. The molecule has 0 saturated heterocycles. The lowest BCUT2D eigenvalue weighted by atomic mass is 10.4. The summed E-state index contributed by atoms with van der Waals surface area (Å²) >= 11 is 5.95. The number of hydrogen-bond acceptors (Lipinski definition) is 4. The van der Waals surface area contributed by atoms with Crippen molar-refractivity contribution in [2.24, 2.45) is 14.1 Å². The number of nitrogens with zero attached hydrogens (tertiary/aromatic N) is 5. The molecule has 7 nitrogen and oxygen atoms in total. The van der Waals surface area contributed by atoms with Crippen LogP contribution in [0, 0.1) is 0 Å². The minimum atomic E-state index is -0.387. The van der Waals surface area contributed by atoms with Gasteiger partial charge in [0.1, 0.15) is 0 Å². The highest BCUT2D eigenvalue weighted by Crippen LogP contribution is 2.20. The molecule has 126 valence electrons. The van der Waals surface area contributed by atoms with Gasteiger partial charge in [-0.05, 0) is 20.8 Å². The van der Waals surface area contributed by atoms with Crippen LogP contribution in [0.3, 0.4) is 0 Å². The van der Waals surface area contributed by atoms with Crippen LogP contribution in [0.25, 0.3) is 11.2 Å². The number of anilines is 1. The van der Waals surface area contributed by atoms with E-state index in [0.29, 0.717) is 28.7 Å². The van der Waals surface area contributed by atoms with Gasteiger partial charge in [0.2, 0.25) is 5.95 Å². The molecule has 8 heteroatoms. The average Bonchev–Trinajstić information content (AvgIpc) is 2.89. The monoisotopic (exact) mass is 339 g/mol. The second-order valence-corrected chi connectivity index (χ2v) is 5.96. The fraction of sp³-hybridized carbons (Fsp3) is 0.533. The van der Waals surface area contributed by atoms with Gasteiger partial charge >= 0.3 is 5.69 Å². The molecule has 0 saturated carbocycles. The minimum Gasteiger partial charge on any atom is -0.343 e. The first-order valence-corrected chi connectivity index (χ1v) is 7.94. The summed E-state index contributed by atoms with van der Waals surface area (Å²) < 4.78 is 4.32. The van der Waals surface area contributed by atoms with Gasteiger partial charge in [0, 0.05) is 38.8 Å². The molecule has 0 N–H and O–H groups in total. The maximum atomic E-state index is 12.6. The van der Waals surface area contributed by atoms with Crippen LogP contribution in [0.4, 0.5) is 5.95 Å². The fourth-order valence-electron chi connectivity index (χ4n) is 2.57. The molecule has 0 spiro atoms. The van der Waals surface area contributed by atoms with E-state index in [1.165, 1.54) is 11.6 Å². The second kappa shape index (κ2) is 6.62. The maximum Gasteiger partial charge on any atom is 0.332 e. The first kappa shape index (κ1) is 17.3. The van der Waals surface area contributed by atoms with Crippen LogP contribution in [0.5, 0.6) is 0 Å². The van der Waals surface area contributed by atoms with Crippen LogP contribution >= 0.6 is 11.6 Å². The molecular weight excluding hydrogens is 318 g/mol. The van der Waals surface area contributed by atoms with Crippen LogP contribution in [-0.4, -0.2) is 31.8 Å². The lowest BCUT2D eigenvalue weighted by Crippen LogP contribution is -2.37. The van der Waals surface area contributed by atoms with Crippen LogP contribution in [0.15, 0.2) is 20.7 Å². The largest absolute Gasteiger partial charge is 0.343 e. The number of aromatic nitrogens is 4. The first-order chi connectivity index (χ1) is 10.8. The Morgan fingerprint density at radius 3 is 2.35 bits per heavy atom. The molecular formula is C15H22ClN5O2. The molecule has 2 rings (SSSR count). The van der Waals surface area contributed by atoms with Gasteiger partial charge in [-0.25, -0.2) is 4.79 Å². The van der Waals surface area contributed by atoms with E-state index in [9.17, 15) is 9.59 Å². The molecule has 0 aromatic carbocycles. The first-order valence-electron chi connectivity index (χ1n) is 7.56. The molecule has 2 aromatic heterocycles. The van der Waals surface area contributed by atoms with Crippen LogP contribution in [0.1, 0.15) is 20.8 Å². The molecule has 0 amide bonds. The predicted octanol–water partition coefficient (Wildman–Crippen LogP) is 1.42. The molecule has 0 radical (unpaired) electrons. The molecule has 0 bridgehead atoms. The highest BCUT2D eigenvalue weighted by Gasteiger charge is 2.20. The van der Waals surface area contributed by atoms with Crippen molar-refractivity contribution in [2.75, 3.05) is 18.0 Å². The summed E-state index contributed by atoms with van der Waals surface area (Å²) in [5.41, 5.74) is 0.0586. The summed E-state index contributed by atoms with van der Waals surface area (Å²) in [4.78, 5) is 31.3. The standard InChI is InChI=1S/C15H22ClN5O2/c1-6-20(7-2)14-17-12-11(21(14)9-8-10(3)16)13(22)19(5)15(23)18(12)4/h8H,6-7,9H2,1-5H3/b10-8-. The third-order valence-corrected chi connectivity index (χ3v) is 4.08. The Kier molecular flexibility index (Phi) is 4.99. The number of hydrogen-bond donors (Lipinski definition) is 0. The van der Waals surface area contributed by atoms with Crippen molar-refractivity contribution in [3.8, 4) is 0 Å². The molecule has 0 unspecified atom stereocenters. The molecule has 0 aliphatic heterocycles. The van der Waals surface area contributed by atoms with Gasteiger partial charge in [0.05, 0.1) is 0 Å². The van der Waals surface area contributed by atoms with E-state index in [1.54, 1.807) is 14.0 Å². The van der Waals surface area contributed by atoms with E-state index in [-0.39, 0.29) is 11.2 Å². The lowest BCUT2D eigenvalue weighted by molar-refractivity contribution is 0.702. The number of fused-ring (bicyclic) bond motifs is 1. The number of allylic oxidation sites excluding steroid dienone is 2. The summed E-state index contributed by atoms with van der Waals surface area (Å²) in [5, 5.41) is 0.638. The zero-order valence-corrected chi connectivity index (χ0v) is 14.9. The van der Waals surface area contributed by atoms with E-state index >= 15 is 0 Å². The van der Waals surface area contributed by atoms with Gasteiger partial charge in [-0.2, -0.15) is 4.98 Å². The lowest BCUT2D eigenvalue weighted by Gasteiger charge is -2.20. The Hall–Kier alpha value is -2.02. The van der Waals surface area contributed by atoms with Gasteiger partial charge in [0.15, 0.2) is 11.2 Å². The Bertz CT molecular complexity index is 867. The maximum absolute atomic E-state index is 12.6. The van der Waals surface area contributed by atoms with Gasteiger partial charge in [-0.1, -0.05) is 17.7 Å². The van der Waals surface area contributed by atoms with Crippen molar-refractivity contribution in [1.29, 1.82) is 0 Å². The minimum absolute atomic E-state index is 0.352. The Morgan fingerprint density at radius 1 is 1.22 bits per heavy atom. The number of rotatable bonds is 5. The molecule has 2 heterocycles. The van der Waals surface area contributed by atoms with Gasteiger partial charge in [0.25, 0.3) is 5.56 Å². The van der Waals surface area contributed by atoms with Crippen molar-refractivity contribution in [3.05, 3.63) is 31.9 Å². The van der Waals surface area contributed by atoms with Crippen LogP contribution in [-0.2, 0) is 20.6 Å². The van der Waals surface area contributed by atoms with E-state index < -0.39 is 0 Å². The summed E-state index contributed by atoms with van der Waals surface area (Å²) in [6, 6.07) is 0. The smallest absolute Gasteiger partial charge is 0.332 e. The van der Waals surface area contributed by atoms with Crippen LogP contribution < -0.4 is 16.1 Å². The van der Waals surface area contributed by atoms with Crippen molar-refractivity contribution in [3.63, 3.8) is 0 Å². The SMILES string of the molecule is CCN(CC)c1nc2c(c(=O)n(C)c(=O)n2C)n1C/C=C(/C)Cl. The van der Waals surface area contributed by atoms with Crippen LogP contribution in [0.2, 0.25) is 0 Å².